The smallest absolute Gasteiger partial charge is 0.0122 e. The minimum absolute atomic E-state index is 0.757. The third-order valence-corrected chi connectivity index (χ3v) is 5.71. The number of nitrogens with zero attached hydrogens (tertiary/aromatic N) is 2. The van der Waals surface area contributed by atoms with Crippen molar-refractivity contribution in [2.24, 2.45) is 5.92 Å². The first kappa shape index (κ1) is 13.8. The van der Waals surface area contributed by atoms with E-state index in [-0.39, 0.29) is 0 Å². The third-order valence-electron chi connectivity index (χ3n) is 5.71. The molecule has 3 aliphatic heterocycles. The highest BCUT2D eigenvalue weighted by molar-refractivity contribution is 4.93. The van der Waals surface area contributed by atoms with Crippen molar-refractivity contribution < 1.29 is 0 Å². The lowest BCUT2D eigenvalue weighted by Crippen LogP contribution is -2.54. The van der Waals surface area contributed by atoms with Gasteiger partial charge in [-0.2, -0.15) is 0 Å². The molecule has 3 aliphatic rings. The molecule has 110 valence electrons. The second-order valence-electron chi connectivity index (χ2n) is 6.94. The van der Waals surface area contributed by atoms with Crippen molar-refractivity contribution in [2.75, 3.05) is 32.7 Å². The Morgan fingerprint density at radius 2 is 1.79 bits per heavy atom. The molecule has 0 saturated carbocycles. The first-order valence-electron chi connectivity index (χ1n) is 8.49. The first-order valence-corrected chi connectivity index (χ1v) is 8.49. The standard InChI is InChI=1S/C16H31N3/c1-3-17-16-7-10-19(12-13(16)2)15-6-9-18-8-4-5-14(18)11-15/h13-17H,3-12H2,1-2H3. The Kier molecular flexibility index (Phi) is 4.45. The zero-order valence-corrected chi connectivity index (χ0v) is 12.8. The average Bonchev–Trinajstić information content (AvgIpc) is 2.88. The Labute approximate surface area is 118 Å². The minimum atomic E-state index is 0.757. The molecule has 0 bridgehead atoms. The van der Waals surface area contributed by atoms with Crippen LogP contribution in [-0.2, 0) is 0 Å². The van der Waals surface area contributed by atoms with Gasteiger partial charge in [-0.05, 0) is 64.2 Å². The molecular weight excluding hydrogens is 234 g/mol. The van der Waals surface area contributed by atoms with Crippen LogP contribution in [0.15, 0.2) is 0 Å². The van der Waals surface area contributed by atoms with E-state index >= 15 is 0 Å². The molecule has 0 aromatic rings. The number of rotatable bonds is 3. The molecule has 4 unspecified atom stereocenters. The molecule has 3 heterocycles. The lowest BCUT2D eigenvalue weighted by Gasteiger charge is -2.45. The van der Waals surface area contributed by atoms with Gasteiger partial charge in [-0.3, -0.25) is 4.90 Å². The molecule has 1 N–H and O–H groups in total. The normalized spacial score (nSPS) is 41.4. The summed E-state index contributed by atoms with van der Waals surface area (Å²) in [5, 5.41) is 3.66. The van der Waals surface area contributed by atoms with E-state index in [0.29, 0.717) is 0 Å². The molecule has 3 saturated heterocycles. The van der Waals surface area contributed by atoms with Crippen LogP contribution < -0.4 is 5.32 Å². The maximum Gasteiger partial charge on any atom is 0.0122 e. The van der Waals surface area contributed by atoms with Crippen molar-refractivity contribution in [3.63, 3.8) is 0 Å². The van der Waals surface area contributed by atoms with Crippen molar-refractivity contribution in [3.8, 4) is 0 Å². The lowest BCUT2D eigenvalue weighted by molar-refractivity contribution is 0.0489. The summed E-state index contributed by atoms with van der Waals surface area (Å²) in [6.07, 6.45) is 7.10. The SMILES string of the molecule is CCNC1CCN(C2CCN3CCCC3C2)CC1C. The molecule has 0 spiro atoms. The van der Waals surface area contributed by atoms with E-state index < -0.39 is 0 Å². The molecule has 0 radical (unpaired) electrons. The maximum atomic E-state index is 3.66. The number of hydrogen-bond acceptors (Lipinski definition) is 3. The van der Waals surface area contributed by atoms with Crippen molar-refractivity contribution >= 4 is 0 Å². The van der Waals surface area contributed by atoms with Crippen LogP contribution in [0.25, 0.3) is 0 Å². The van der Waals surface area contributed by atoms with Crippen molar-refractivity contribution in [3.05, 3.63) is 0 Å². The van der Waals surface area contributed by atoms with Crippen LogP contribution in [-0.4, -0.2) is 60.6 Å². The van der Waals surface area contributed by atoms with E-state index in [2.05, 4.69) is 29.0 Å². The number of likely N-dealkylation sites (tertiary alicyclic amines) is 1. The summed E-state index contributed by atoms with van der Waals surface area (Å²) in [6.45, 7) is 11.1. The van der Waals surface area contributed by atoms with Gasteiger partial charge in [-0.15, -0.1) is 0 Å². The van der Waals surface area contributed by atoms with E-state index in [1.807, 2.05) is 0 Å². The topological polar surface area (TPSA) is 18.5 Å². The van der Waals surface area contributed by atoms with Crippen molar-refractivity contribution in [1.29, 1.82) is 0 Å². The molecule has 3 rings (SSSR count). The van der Waals surface area contributed by atoms with Gasteiger partial charge >= 0.3 is 0 Å². The van der Waals surface area contributed by atoms with Gasteiger partial charge in [0.1, 0.15) is 0 Å². The fourth-order valence-electron chi connectivity index (χ4n) is 4.61. The van der Waals surface area contributed by atoms with Crippen LogP contribution in [0.3, 0.4) is 0 Å². The Morgan fingerprint density at radius 3 is 2.58 bits per heavy atom. The zero-order valence-electron chi connectivity index (χ0n) is 12.8. The van der Waals surface area contributed by atoms with E-state index in [0.717, 1.165) is 30.6 Å². The number of nitrogens with one attached hydrogen (secondary N) is 1. The number of fused-ring (bicyclic) bond motifs is 1. The fourth-order valence-corrected chi connectivity index (χ4v) is 4.61. The molecule has 0 amide bonds. The predicted molar refractivity (Wildman–Crippen MR) is 80.4 cm³/mol. The molecule has 0 aliphatic carbocycles. The average molecular weight is 265 g/mol. The Morgan fingerprint density at radius 1 is 1.00 bits per heavy atom. The molecule has 3 fully saturated rings. The summed E-state index contributed by atoms with van der Waals surface area (Å²) in [6, 6.07) is 2.55. The molecule has 19 heavy (non-hydrogen) atoms. The second-order valence-corrected chi connectivity index (χ2v) is 6.94. The van der Waals surface area contributed by atoms with E-state index in [4.69, 9.17) is 0 Å². The van der Waals surface area contributed by atoms with Crippen LogP contribution in [0.5, 0.6) is 0 Å². The fraction of sp³-hybridized carbons (Fsp3) is 1.00. The molecule has 3 nitrogen and oxygen atoms in total. The molecule has 0 aromatic heterocycles. The monoisotopic (exact) mass is 265 g/mol. The van der Waals surface area contributed by atoms with Gasteiger partial charge in [0.2, 0.25) is 0 Å². The minimum Gasteiger partial charge on any atom is -0.314 e. The van der Waals surface area contributed by atoms with Gasteiger partial charge in [-0.25, -0.2) is 0 Å². The highest BCUT2D eigenvalue weighted by Gasteiger charge is 2.36. The molecule has 4 atom stereocenters. The third kappa shape index (κ3) is 2.98. The number of piperidine rings is 2. The van der Waals surface area contributed by atoms with Crippen LogP contribution in [0.1, 0.15) is 46.0 Å². The highest BCUT2D eigenvalue weighted by Crippen LogP contribution is 2.31. The van der Waals surface area contributed by atoms with Gasteiger partial charge < -0.3 is 10.2 Å². The maximum absolute atomic E-state index is 3.66. The summed E-state index contributed by atoms with van der Waals surface area (Å²) in [4.78, 5) is 5.56. The molecular formula is C16H31N3. The van der Waals surface area contributed by atoms with Gasteiger partial charge in [0.05, 0.1) is 0 Å². The Balaban J connectivity index is 1.53. The van der Waals surface area contributed by atoms with Crippen LogP contribution >= 0.6 is 0 Å². The van der Waals surface area contributed by atoms with Gasteiger partial charge in [0.25, 0.3) is 0 Å². The summed E-state index contributed by atoms with van der Waals surface area (Å²) in [5.74, 6) is 0.815. The largest absolute Gasteiger partial charge is 0.314 e. The lowest BCUT2D eigenvalue weighted by atomic mass is 9.89. The summed E-state index contributed by atoms with van der Waals surface area (Å²) < 4.78 is 0. The molecule has 3 heteroatoms. The highest BCUT2D eigenvalue weighted by atomic mass is 15.2. The zero-order chi connectivity index (χ0) is 13.2. The number of hydrogen-bond donors (Lipinski definition) is 1. The van der Waals surface area contributed by atoms with Crippen LogP contribution in [0.4, 0.5) is 0 Å². The van der Waals surface area contributed by atoms with Crippen LogP contribution in [0.2, 0.25) is 0 Å². The summed E-state index contributed by atoms with van der Waals surface area (Å²) in [7, 11) is 0. The van der Waals surface area contributed by atoms with Gasteiger partial charge in [0.15, 0.2) is 0 Å². The summed E-state index contributed by atoms with van der Waals surface area (Å²) >= 11 is 0. The Bertz CT molecular complexity index is 294. The van der Waals surface area contributed by atoms with Crippen LogP contribution in [0, 0.1) is 5.92 Å². The van der Waals surface area contributed by atoms with Crippen molar-refractivity contribution in [2.45, 2.75) is 64.1 Å². The van der Waals surface area contributed by atoms with E-state index in [1.165, 1.54) is 58.3 Å². The van der Waals surface area contributed by atoms with Gasteiger partial charge in [0, 0.05) is 24.7 Å². The molecule has 0 aromatic carbocycles. The van der Waals surface area contributed by atoms with Crippen molar-refractivity contribution in [1.82, 2.24) is 15.1 Å². The predicted octanol–water partition coefficient (Wildman–Crippen LogP) is 1.93. The second kappa shape index (κ2) is 6.11. The van der Waals surface area contributed by atoms with E-state index in [1.54, 1.807) is 0 Å². The van der Waals surface area contributed by atoms with Gasteiger partial charge in [-0.1, -0.05) is 13.8 Å². The first-order chi connectivity index (χ1) is 9.28. The quantitative estimate of drug-likeness (QED) is 0.841. The summed E-state index contributed by atoms with van der Waals surface area (Å²) in [5.41, 5.74) is 0. The van der Waals surface area contributed by atoms with E-state index in [9.17, 15) is 0 Å². The Hall–Kier alpha value is -0.120.